The predicted molar refractivity (Wildman–Crippen MR) is 122 cm³/mol. The van der Waals surface area contributed by atoms with Crippen molar-refractivity contribution in [3.8, 4) is 0 Å². The maximum Gasteiger partial charge on any atom is 0.113 e. The van der Waals surface area contributed by atoms with Crippen LogP contribution in [-0.2, 0) is 0 Å². The maximum atomic E-state index is 10.5. The van der Waals surface area contributed by atoms with Crippen LogP contribution in [-0.4, -0.2) is 10.8 Å². The SMILES string of the molecule is CC(C)CCC[C@@H](C)[C@H]1CC[C@H]2[C@@H]3CC[C@@H]4C[C@@](N)(O)CC[C@]4(C)[C@H]3CC[C@]12C. The van der Waals surface area contributed by atoms with Gasteiger partial charge in [-0.05, 0) is 110 Å². The van der Waals surface area contributed by atoms with Crippen LogP contribution in [0.15, 0.2) is 0 Å². The summed E-state index contributed by atoms with van der Waals surface area (Å²) in [5.74, 6) is 6.11. The molecule has 0 radical (unpaired) electrons. The van der Waals surface area contributed by atoms with Gasteiger partial charge in [-0.2, -0.15) is 0 Å². The fraction of sp³-hybridized carbons (Fsp3) is 1.00. The lowest BCUT2D eigenvalue weighted by Crippen LogP contribution is -2.58. The minimum Gasteiger partial charge on any atom is -0.376 e. The molecular formula is C27H49NO. The molecule has 0 aromatic rings. The van der Waals surface area contributed by atoms with Crippen LogP contribution in [0.1, 0.15) is 112 Å². The van der Waals surface area contributed by atoms with E-state index >= 15 is 0 Å². The highest BCUT2D eigenvalue weighted by molar-refractivity contribution is 5.10. The van der Waals surface area contributed by atoms with Crippen molar-refractivity contribution in [3.05, 3.63) is 0 Å². The van der Waals surface area contributed by atoms with Crippen molar-refractivity contribution in [1.29, 1.82) is 0 Å². The van der Waals surface area contributed by atoms with E-state index in [-0.39, 0.29) is 0 Å². The van der Waals surface area contributed by atoms with E-state index in [1.807, 2.05) is 0 Å². The molecular weight excluding hydrogens is 354 g/mol. The van der Waals surface area contributed by atoms with E-state index in [0.717, 1.165) is 54.8 Å². The lowest BCUT2D eigenvalue weighted by molar-refractivity contribution is -0.150. The van der Waals surface area contributed by atoms with Crippen LogP contribution in [0.25, 0.3) is 0 Å². The predicted octanol–water partition coefficient (Wildman–Crippen LogP) is 6.76. The van der Waals surface area contributed by atoms with Gasteiger partial charge < -0.3 is 10.8 Å². The fourth-order valence-electron chi connectivity index (χ4n) is 9.30. The first-order chi connectivity index (χ1) is 13.6. The first-order valence-corrected chi connectivity index (χ1v) is 13.1. The van der Waals surface area contributed by atoms with Gasteiger partial charge >= 0.3 is 0 Å². The molecule has 0 aliphatic heterocycles. The summed E-state index contributed by atoms with van der Waals surface area (Å²) >= 11 is 0. The Morgan fingerprint density at radius 1 is 0.862 bits per heavy atom. The average molecular weight is 404 g/mol. The lowest BCUT2D eigenvalue weighted by Gasteiger charge is -2.62. The van der Waals surface area contributed by atoms with E-state index in [4.69, 9.17) is 5.73 Å². The summed E-state index contributed by atoms with van der Waals surface area (Å²) in [7, 11) is 0. The Bertz CT molecular complexity index is 585. The van der Waals surface area contributed by atoms with Gasteiger partial charge in [-0.1, -0.05) is 53.9 Å². The molecule has 0 aromatic heterocycles. The van der Waals surface area contributed by atoms with E-state index in [2.05, 4.69) is 34.6 Å². The highest BCUT2D eigenvalue weighted by atomic mass is 16.3. The number of aliphatic hydroxyl groups is 1. The Balaban J connectivity index is 1.46. The number of hydrogen-bond donors (Lipinski definition) is 2. The molecule has 0 bridgehead atoms. The van der Waals surface area contributed by atoms with Crippen molar-refractivity contribution in [2.75, 3.05) is 0 Å². The van der Waals surface area contributed by atoms with Crippen LogP contribution < -0.4 is 5.73 Å². The second-order valence-corrected chi connectivity index (χ2v) is 13.0. The third-order valence-corrected chi connectivity index (χ3v) is 11.0. The molecule has 4 rings (SSSR count). The molecule has 0 amide bonds. The fourth-order valence-corrected chi connectivity index (χ4v) is 9.30. The molecule has 3 N–H and O–H groups in total. The molecule has 4 aliphatic carbocycles. The summed E-state index contributed by atoms with van der Waals surface area (Å²) in [6.07, 6.45) is 15.6. The van der Waals surface area contributed by atoms with Crippen LogP contribution in [0, 0.1) is 52.3 Å². The van der Waals surface area contributed by atoms with Gasteiger partial charge in [0.2, 0.25) is 0 Å². The van der Waals surface area contributed by atoms with Gasteiger partial charge in [0.15, 0.2) is 0 Å². The monoisotopic (exact) mass is 403 g/mol. The van der Waals surface area contributed by atoms with Crippen molar-refractivity contribution in [1.82, 2.24) is 0 Å². The number of nitrogens with two attached hydrogens (primary N) is 1. The zero-order chi connectivity index (χ0) is 21.0. The summed E-state index contributed by atoms with van der Waals surface area (Å²) in [6.45, 7) is 12.6. The van der Waals surface area contributed by atoms with Gasteiger partial charge in [0.05, 0.1) is 0 Å². The largest absolute Gasteiger partial charge is 0.376 e. The summed E-state index contributed by atoms with van der Waals surface area (Å²) in [6, 6.07) is 0. The molecule has 2 nitrogen and oxygen atoms in total. The molecule has 0 spiro atoms. The van der Waals surface area contributed by atoms with Gasteiger partial charge in [0, 0.05) is 0 Å². The minimum absolute atomic E-state index is 0.427. The minimum atomic E-state index is -0.899. The smallest absolute Gasteiger partial charge is 0.113 e. The Labute approximate surface area is 180 Å². The highest BCUT2D eigenvalue weighted by Gasteiger charge is 2.61. The molecule has 4 saturated carbocycles. The molecule has 168 valence electrons. The summed E-state index contributed by atoms with van der Waals surface area (Å²) in [4.78, 5) is 0. The van der Waals surface area contributed by atoms with E-state index in [1.54, 1.807) is 0 Å². The van der Waals surface area contributed by atoms with Gasteiger partial charge in [0.1, 0.15) is 5.72 Å². The van der Waals surface area contributed by atoms with Gasteiger partial charge in [0.25, 0.3) is 0 Å². The number of rotatable bonds is 5. The maximum absolute atomic E-state index is 10.5. The van der Waals surface area contributed by atoms with Crippen LogP contribution in [0.3, 0.4) is 0 Å². The van der Waals surface area contributed by atoms with Crippen LogP contribution in [0.2, 0.25) is 0 Å². The molecule has 4 fully saturated rings. The second-order valence-electron chi connectivity index (χ2n) is 13.0. The first kappa shape index (κ1) is 22.1. The van der Waals surface area contributed by atoms with Gasteiger partial charge in [-0.15, -0.1) is 0 Å². The molecule has 0 aromatic carbocycles. The van der Waals surface area contributed by atoms with Crippen molar-refractivity contribution in [2.45, 2.75) is 117 Å². The van der Waals surface area contributed by atoms with E-state index < -0.39 is 5.72 Å². The molecule has 29 heavy (non-hydrogen) atoms. The van der Waals surface area contributed by atoms with Gasteiger partial charge in [-0.25, -0.2) is 0 Å². The Morgan fingerprint density at radius 2 is 1.59 bits per heavy atom. The van der Waals surface area contributed by atoms with E-state index in [0.29, 0.717) is 16.7 Å². The Kier molecular flexibility index (Phi) is 5.95. The lowest BCUT2D eigenvalue weighted by atomic mass is 9.44. The highest BCUT2D eigenvalue weighted by Crippen LogP contribution is 2.68. The summed E-state index contributed by atoms with van der Waals surface area (Å²) in [5, 5.41) is 10.5. The summed E-state index contributed by atoms with van der Waals surface area (Å²) in [5.41, 5.74) is 6.30. The zero-order valence-electron chi connectivity index (χ0n) is 20.1. The second kappa shape index (κ2) is 7.80. The van der Waals surface area contributed by atoms with Crippen LogP contribution in [0.5, 0.6) is 0 Å². The quantitative estimate of drug-likeness (QED) is 0.498. The molecule has 9 atom stereocenters. The number of fused-ring (bicyclic) bond motifs is 5. The summed E-state index contributed by atoms with van der Waals surface area (Å²) < 4.78 is 0. The van der Waals surface area contributed by atoms with Crippen molar-refractivity contribution >= 4 is 0 Å². The van der Waals surface area contributed by atoms with Crippen molar-refractivity contribution in [3.63, 3.8) is 0 Å². The van der Waals surface area contributed by atoms with Crippen molar-refractivity contribution < 1.29 is 5.11 Å². The van der Waals surface area contributed by atoms with E-state index in [1.165, 1.54) is 57.8 Å². The third kappa shape index (κ3) is 3.84. The Hall–Kier alpha value is -0.0800. The number of hydrogen-bond acceptors (Lipinski definition) is 2. The van der Waals surface area contributed by atoms with Crippen molar-refractivity contribution in [2.24, 2.45) is 58.0 Å². The zero-order valence-corrected chi connectivity index (χ0v) is 20.1. The molecule has 0 heterocycles. The topological polar surface area (TPSA) is 46.2 Å². The molecule has 0 saturated heterocycles. The molecule has 2 heteroatoms. The van der Waals surface area contributed by atoms with Gasteiger partial charge in [-0.3, -0.25) is 0 Å². The molecule has 0 unspecified atom stereocenters. The normalized spacial score (nSPS) is 50.7. The Morgan fingerprint density at radius 3 is 2.31 bits per heavy atom. The molecule has 4 aliphatic rings. The first-order valence-electron chi connectivity index (χ1n) is 13.1. The average Bonchev–Trinajstić information content (AvgIpc) is 2.99. The van der Waals surface area contributed by atoms with E-state index in [9.17, 15) is 5.11 Å². The third-order valence-electron chi connectivity index (χ3n) is 11.0. The standard InChI is InChI=1S/C27H49NO/c1-18(2)7-6-8-19(3)22-11-12-23-21-10-9-20-17-27(28,29)16-15-25(20,4)24(21)13-14-26(22,23)5/h18-24,29H,6-17,28H2,1-5H3/t19-,20-,21+,22-,23+,24+,25+,26-,27+/m1/s1. The van der Waals surface area contributed by atoms with Crippen LogP contribution in [0.4, 0.5) is 0 Å². The van der Waals surface area contributed by atoms with Crippen LogP contribution >= 0.6 is 0 Å².